The van der Waals surface area contributed by atoms with Gasteiger partial charge in [-0.3, -0.25) is 14.7 Å². The zero-order valence-electron chi connectivity index (χ0n) is 13.5. The van der Waals surface area contributed by atoms with Crippen LogP contribution >= 0.6 is 11.3 Å². The molecule has 0 atom stereocenters. The highest BCUT2D eigenvalue weighted by Crippen LogP contribution is 2.32. The van der Waals surface area contributed by atoms with E-state index in [0.717, 1.165) is 21.5 Å². The number of furan rings is 1. The number of nitrogens with zero attached hydrogens (tertiary/aromatic N) is 3. The smallest absolute Gasteiger partial charge is 0.296 e. The fraction of sp³-hybridized carbons (Fsp3) is 0.105. The van der Waals surface area contributed by atoms with Crippen molar-refractivity contribution in [3.8, 4) is 0 Å². The molecule has 0 aliphatic carbocycles. The average molecular weight is 349 g/mol. The van der Waals surface area contributed by atoms with Crippen LogP contribution < -0.4 is 4.90 Å². The summed E-state index contributed by atoms with van der Waals surface area (Å²) in [6, 6.07) is 15.0. The van der Waals surface area contributed by atoms with Crippen LogP contribution in [0.5, 0.6) is 0 Å². The number of pyridine rings is 1. The van der Waals surface area contributed by atoms with Gasteiger partial charge in [0.1, 0.15) is 0 Å². The molecular weight excluding hydrogens is 334 g/mol. The Labute approximate surface area is 148 Å². The molecule has 0 spiro atoms. The van der Waals surface area contributed by atoms with Gasteiger partial charge < -0.3 is 4.42 Å². The second kappa shape index (κ2) is 6.49. The fourth-order valence-electron chi connectivity index (χ4n) is 2.60. The number of rotatable bonds is 4. The van der Waals surface area contributed by atoms with Crippen LogP contribution in [0.25, 0.3) is 10.2 Å². The number of aromatic nitrogens is 2. The van der Waals surface area contributed by atoms with Crippen LogP contribution in [0.1, 0.15) is 21.8 Å². The summed E-state index contributed by atoms with van der Waals surface area (Å²) in [6.45, 7) is 2.35. The van der Waals surface area contributed by atoms with E-state index >= 15 is 0 Å². The summed E-state index contributed by atoms with van der Waals surface area (Å²) >= 11 is 1.49. The van der Waals surface area contributed by atoms with Crippen molar-refractivity contribution in [2.45, 2.75) is 13.5 Å². The van der Waals surface area contributed by atoms with Gasteiger partial charge in [-0.15, -0.1) is 0 Å². The second-order valence-corrected chi connectivity index (χ2v) is 6.62. The number of carbonyl (C=O) groups excluding carboxylic acids is 1. The van der Waals surface area contributed by atoms with E-state index in [9.17, 15) is 4.79 Å². The number of hydrogen-bond acceptors (Lipinski definition) is 5. The molecule has 1 amide bonds. The summed E-state index contributed by atoms with van der Waals surface area (Å²) in [6.07, 6.45) is 3.21. The maximum absolute atomic E-state index is 12.9. The Hall–Kier alpha value is -2.99. The summed E-state index contributed by atoms with van der Waals surface area (Å²) < 4.78 is 6.35. The van der Waals surface area contributed by atoms with E-state index in [0.29, 0.717) is 11.7 Å². The number of aryl methyl sites for hydroxylation is 1. The van der Waals surface area contributed by atoms with E-state index in [1.54, 1.807) is 23.2 Å². The van der Waals surface area contributed by atoms with Gasteiger partial charge in [0.15, 0.2) is 10.9 Å². The molecular formula is C19H15N3O2S. The lowest BCUT2D eigenvalue weighted by molar-refractivity contribution is 0.0958. The van der Waals surface area contributed by atoms with Gasteiger partial charge in [0.25, 0.3) is 5.91 Å². The second-order valence-electron chi connectivity index (χ2n) is 5.61. The van der Waals surface area contributed by atoms with Gasteiger partial charge in [-0.1, -0.05) is 29.5 Å². The Morgan fingerprint density at radius 1 is 1.16 bits per heavy atom. The standard InChI is InChI=1S/C19H15N3O2S/c1-13-6-4-9-16-17(13)21-19(25-16)22(12-14-7-2-3-10-20-14)18(23)15-8-5-11-24-15/h2-11H,12H2,1H3. The van der Waals surface area contributed by atoms with Gasteiger partial charge >= 0.3 is 0 Å². The molecule has 0 radical (unpaired) electrons. The Kier molecular flexibility index (Phi) is 4.03. The van der Waals surface area contributed by atoms with Gasteiger partial charge in [0.2, 0.25) is 0 Å². The first-order valence-corrected chi connectivity index (χ1v) is 8.65. The number of fused-ring (bicyclic) bond motifs is 1. The van der Waals surface area contributed by atoms with E-state index in [4.69, 9.17) is 9.40 Å². The molecule has 0 aliphatic heterocycles. The lowest BCUT2D eigenvalue weighted by Gasteiger charge is -2.18. The largest absolute Gasteiger partial charge is 0.459 e. The van der Waals surface area contributed by atoms with Crippen molar-refractivity contribution in [1.82, 2.24) is 9.97 Å². The molecule has 1 aromatic carbocycles. The van der Waals surface area contributed by atoms with Crippen LogP contribution in [0, 0.1) is 6.92 Å². The molecule has 0 fully saturated rings. The van der Waals surface area contributed by atoms with E-state index in [2.05, 4.69) is 4.98 Å². The zero-order valence-corrected chi connectivity index (χ0v) is 14.4. The number of hydrogen-bond donors (Lipinski definition) is 0. The topological polar surface area (TPSA) is 59.2 Å². The average Bonchev–Trinajstić information content (AvgIpc) is 3.30. The highest BCUT2D eigenvalue weighted by Gasteiger charge is 2.24. The Morgan fingerprint density at radius 2 is 2.08 bits per heavy atom. The number of para-hydroxylation sites is 1. The van der Waals surface area contributed by atoms with Gasteiger partial charge in [-0.05, 0) is 42.8 Å². The van der Waals surface area contributed by atoms with Crippen molar-refractivity contribution in [1.29, 1.82) is 0 Å². The quantitative estimate of drug-likeness (QED) is 0.546. The molecule has 124 valence electrons. The monoisotopic (exact) mass is 349 g/mol. The lowest BCUT2D eigenvalue weighted by atomic mass is 10.2. The molecule has 3 heterocycles. The third-order valence-electron chi connectivity index (χ3n) is 3.86. The Balaban J connectivity index is 1.78. The maximum Gasteiger partial charge on any atom is 0.296 e. The minimum Gasteiger partial charge on any atom is -0.459 e. The van der Waals surface area contributed by atoms with Crippen LogP contribution in [0.4, 0.5) is 5.13 Å². The fourth-order valence-corrected chi connectivity index (χ4v) is 3.64. The molecule has 25 heavy (non-hydrogen) atoms. The zero-order chi connectivity index (χ0) is 17.2. The summed E-state index contributed by atoms with van der Waals surface area (Å²) in [5.74, 6) is 0.0549. The third kappa shape index (κ3) is 3.04. The van der Waals surface area contributed by atoms with Gasteiger partial charge in [-0.2, -0.15) is 0 Å². The van der Waals surface area contributed by atoms with Gasteiger partial charge in [-0.25, -0.2) is 4.98 Å². The first-order chi connectivity index (χ1) is 12.2. The molecule has 3 aromatic heterocycles. The third-order valence-corrected chi connectivity index (χ3v) is 4.91. The van der Waals surface area contributed by atoms with Crippen LogP contribution in [-0.2, 0) is 6.54 Å². The van der Waals surface area contributed by atoms with Crippen LogP contribution in [0.3, 0.4) is 0 Å². The molecule has 4 rings (SSSR count). The molecule has 6 heteroatoms. The van der Waals surface area contributed by atoms with Gasteiger partial charge in [0.05, 0.1) is 28.7 Å². The molecule has 0 saturated carbocycles. The number of thiazole rings is 1. The van der Waals surface area contributed by atoms with Crippen molar-refractivity contribution >= 4 is 32.6 Å². The molecule has 0 N–H and O–H groups in total. The Morgan fingerprint density at radius 3 is 2.80 bits per heavy atom. The summed E-state index contributed by atoms with van der Waals surface area (Å²) in [5.41, 5.74) is 2.79. The first-order valence-electron chi connectivity index (χ1n) is 7.84. The molecule has 0 saturated heterocycles. The highest BCUT2D eigenvalue weighted by molar-refractivity contribution is 7.22. The van der Waals surface area contributed by atoms with Gasteiger partial charge in [0, 0.05) is 6.20 Å². The molecule has 0 bridgehead atoms. The van der Waals surface area contributed by atoms with Crippen LogP contribution in [0.2, 0.25) is 0 Å². The van der Waals surface area contributed by atoms with Crippen molar-refractivity contribution in [3.63, 3.8) is 0 Å². The lowest BCUT2D eigenvalue weighted by Crippen LogP contribution is -2.30. The minimum absolute atomic E-state index is 0.229. The van der Waals surface area contributed by atoms with E-state index in [-0.39, 0.29) is 11.7 Å². The number of amides is 1. The SMILES string of the molecule is Cc1cccc2sc(N(Cc3ccccn3)C(=O)c3ccco3)nc12. The number of carbonyl (C=O) groups is 1. The van der Waals surface area contributed by atoms with E-state index in [1.165, 1.54) is 17.6 Å². The van der Waals surface area contributed by atoms with Crippen molar-refractivity contribution < 1.29 is 9.21 Å². The summed E-state index contributed by atoms with van der Waals surface area (Å²) in [4.78, 5) is 23.6. The van der Waals surface area contributed by atoms with Crippen LogP contribution in [0.15, 0.2) is 65.4 Å². The van der Waals surface area contributed by atoms with Crippen LogP contribution in [-0.4, -0.2) is 15.9 Å². The molecule has 0 unspecified atom stereocenters. The summed E-state index contributed by atoms with van der Waals surface area (Å²) in [5, 5.41) is 0.636. The Bertz CT molecular complexity index is 1010. The normalized spacial score (nSPS) is 10.9. The first kappa shape index (κ1) is 15.5. The highest BCUT2D eigenvalue weighted by atomic mass is 32.1. The predicted molar refractivity (Wildman–Crippen MR) is 97.8 cm³/mol. The number of anilines is 1. The van der Waals surface area contributed by atoms with Crippen molar-refractivity contribution in [3.05, 3.63) is 78.0 Å². The van der Waals surface area contributed by atoms with E-state index < -0.39 is 0 Å². The minimum atomic E-state index is -0.229. The maximum atomic E-state index is 12.9. The summed E-state index contributed by atoms with van der Waals surface area (Å²) in [7, 11) is 0. The van der Waals surface area contributed by atoms with Crippen molar-refractivity contribution in [2.24, 2.45) is 0 Å². The number of benzene rings is 1. The van der Waals surface area contributed by atoms with Crippen molar-refractivity contribution in [2.75, 3.05) is 4.90 Å². The molecule has 0 aliphatic rings. The van der Waals surface area contributed by atoms with E-state index in [1.807, 2.05) is 43.3 Å². The molecule has 4 aromatic rings. The predicted octanol–water partition coefficient (Wildman–Crippen LogP) is 4.44. The molecule has 5 nitrogen and oxygen atoms in total.